The second-order valence-electron chi connectivity index (χ2n) is 9.62. The molecular formula is C26H30FN3O4S. The Morgan fingerprint density at radius 1 is 0.829 bits per heavy atom. The van der Waals surface area contributed by atoms with E-state index in [4.69, 9.17) is 0 Å². The lowest BCUT2D eigenvalue weighted by molar-refractivity contribution is -0.158. The van der Waals surface area contributed by atoms with Gasteiger partial charge < -0.3 is 9.80 Å². The third-order valence-corrected chi connectivity index (χ3v) is 9.35. The summed E-state index contributed by atoms with van der Waals surface area (Å²) in [5, 5.41) is 0. The van der Waals surface area contributed by atoms with Crippen LogP contribution in [0.25, 0.3) is 0 Å². The molecule has 0 spiro atoms. The van der Waals surface area contributed by atoms with Crippen LogP contribution in [0, 0.1) is 5.82 Å². The summed E-state index contributed by atoms with van der Waals surface area (Å²) in [7, 11) is -3.59. The molecule has 0 unspecified atom stereocenters. The predicted molar refractivity (Wildman–Crippen MR) is 128 cm³/mol. The summed E-state index contributed by atoms with van der Waals surface area (Å²) in [5.74, 6) is -1.46. The minimum atomic E-state index is -3.59. The van der Waals surface area contributed by atoms with Crippen molar-refractivity contribution in [2.45, 2.75) is 56.0 Å². The van der Waals surface area contributed by atoms with Crippen LogP contribution in [0.3, 0.4) is 0 Å². The summed E-state index contributed by atoms with van der Waals surface area (Å²) >= 11 is 0. The second kappa shape index (κ2) is 9.70. The average Bonchev–Trinajstić information content (AvgIpc) is 2.88. The Labute approximate surface area is 205 Å². The van der Waals surface area contributed by atoms with Crippen molar-refractivity contribution in [3.63, 3.8) is 0 Å². The zero-order chi connectivity index (χ0) is 24.6. The lowest BCUT2D eigenvalue weighted by Crippen LogP contribution is -2.58. The van der Waals surface area contributed by atoms with E-state index in [0.29, 0.717) is 43.9 Å². The van der Waals surface area contributed by atoms with Gasteiger partial charge in [-0.3, -0.25) is 9.59 Å². The molecule has 1 aliphatic carbocycles. The smallest absolute Gasteiger partial charge is 0.312 e. The van der Waals surface area contributed by atoms with E-state index in [1.165, 1.54) is 26.9 Å². The Bertz CT molecular complexity index is 1220. The molecule has 0 atom stereocenters. The van der Waals surface area contributed by atoms with Gasteiger partial charge in [0, 0.05) is 38.8 Å². The number of rotatable bonds is 5. The highest BCUT2D eigenvalue weighted by Crippen LogP contribution is 2.28. The normalized spacial score (nSPS) is 20.3. The van der Waals surface area contributed by atoms with Crippen molar-refractivity contribution in [3.8, 4) is 0 Å². The number of fused-ring (bicyclic) bond motifs is 1. The molecule has 0 N–H and O–H groups in total. The van der Waals surface area contributed by atoms with E-state index in [9.17, 15) is 22.4 Å². The number of carbonyl (C=O) groups is 2. The Morgan fingerprint density at radius 3 is 2.23 bits per heavy atom. The Hall–Kier alpha value is -2.78. The van der Waals surface area contributed by atoms with E-state index in [0.717, 1.165) is 36.8 Å². The van der Waals surface area contributed by atoms with Crippen LogP contribution in [0.1, 0.15) is 42.4 Å². The van der Waals surface area contributed by atoms with Gasteiger partial charge in [-0.1, -0.05) is 18.2 Å². The SMILES string of the molecule is O=C1C(=O)N(C2CCN(S(=O)(=O)c3ccc4c(c3)CCCC4)CC2)CCN1Cc1ccc(F)cc1. The van der Waals surface area contributed by atoms with Gasteiger partial charge in [-0.2, -0.15) is 4.31 Å². The zero-order valence-corrected chi connectivity index (χ0v) is 20.5. The number of hydrogen-bond acceptors (Lipinski definition) is 4. The quantitative estimate of drug-likeness (QED) is 0.593. The first-order valence-corrected chi connectivity index (χ1v) is 13.7. The fraction of sp³-hybridized carbons (Fsp3) is 0.462. The lowest BCUT2D eigenvalue weighted by Gasteiger charge is -2.41. The van der Waals surface area contributed by atoms with Gasteiger partial charge in [-0.25, -0.2) is 12.8 Å². The number of nitrogens with zero attached hydrogens (tertiary/aromatic N) is 3. The van der Waals surface area contributed by atoms with Gasteiger partial charge in [0.15, 0.2) is 0 Å². The van der Waals surface area contributed by atoms with Crippen LogP contribution >= 0.6 is 0 Å². The van der Waals surface area contributed by atoms with Crippen LogP contribution in [-0.2, 0) is 39.0 Å². The fourth-order valence-corrected chi connectivity index (χ4v) is 6.93. The fourth-order valence-electron chi connectivity index (χ4n) is 5.41. The number of halogens is 1. The molecule has 2 aromatic carbocycles. The molecule has 9 heteroatoms. The third kappa shape index (κ3) is 4.84. The van der Waals surface area contributed by atoms with Crippen LogP contribution in [0.5, 0.6) is 0 Å². The van der Waals surface area contributed by atoms with Gasteiger partial charge in [0.1, 0.15) is 5.82 Å². The monoisotopic (exact) mass is 499 g/mol. The second-order valence-corrected chi connectivity index (χ2v) is 11.6. The summed E-state index contributed by atoms with van der Waals surface area (Å²) in [6.07, 6.45) is 5.16. The highest BCUT2D eigenvalue weighted by atomic mass is 32.2. The molecule has 2 fully saturated rings. The molecule has 2 aromatic rings. The number of aryl methyl sites for hydroxylation is 2. The number of carbonyl (C=O) groups excluding carboxylic acids is 2. The van der Waals surface area contributed by atoms with Crippen molar-refractivity contribution in [2.75, 3.05) is 26.2 Å². The van der Waals surface area contributed by atoms with E-state index in [-0.39, 0.29) is 18.4 Å². The molecule has 0 radical (unpaired) electrons. The molecule has 0 aromatic heterocycles. The maximum absolute atomic E-state index is 13.3. The molecule has 7 nitrogen and oxygen atoms in total. The van der Waals surface area contributed by atoms with E-state index >= 15 is 0 Å². The summed E-state index contributed by atoms with van der Waals surface area (Å²) in [5.41, 5.74) is 3.15. The van der Waals surface area contributed by atoms with Gasteiger partial charge in [0.2, 0.25) is 10.0 Å². The van der Waals surface area contributed by atoms with E-state index in [1.807, 2.05) is 12.1 Å². The van der Waals surface area contributed by atoms with Crippen LogP contribution in [0.15, 0.2) is 47.4 Å². The van der Waals surface area contributed by atoms with Gasteiger partial charge >= 0.3 is 11.8 Å². The van der Waals surface area contributed by atoms with Crippen molar-refractivity contribution < 1.29 is 22.4 Å². The van der Waals surface area contributed by atoms with Crippen molar-refractivity contribution in [1.29, 1.82) is 0 Å². The van der Waals surface area contributed by atoms with Crippen LogP contribution in [0.4, 0.5) is 4.39 Å². The lowest BCUT2D eigenvalue weighted by atomic mass is 9.92. The van der Waals surface area contributed by atoms with Gasteiger partial charge in [0.05, 0.1) is 4.90 Å². The molecule has 0 bridgehead atoms. The standard InChI is InChI=1S/C26H30FN3O4S/c27-22-8-5-19(6-9-22)18-28-15-16-30(26(32)25(28)31)23-11-13-29(14-12-23)35(33,34)24-10-7-20-3-1-2-4-21(20)17-24/h5-10,17,23H,1-4,11-16,18H2. The third-order valence-electron chi connectivity index (χ3n) is 7.45. The maximum Gasteiger partial charge on any atom is 0.312 e. The first-order chi connectivity index (χ1) is 16.8. The number of sulfonamides is 1. The van der Waals surface area contributed by atoms with Crippen LogP contribution in [0.2, 0.25) is 0 Å². The van der Waals surface area contributed by atoms with Crippen molar-refractivity contribution in [1.82, 2.24) is 14.1 Å². The molecule has 35 heavy (non-hydrogen) atoms. The predicted octanol–water partition coefficient (Wildman–Crippen LogP) is 2.73. The largest absolute Gasteiger partial charge is 0.330 e. The first-order valence-electron chi connectivity index (χ1n) is 12.3. The summed E-state index contributed by atoms with van der Waals surface area (Å²) in [6.45, 7) is 1.71. The minimum Gasteiger partial charge on any atom is -0.330 e. The number of piperidine rings is 1. The highest BCUT2D eigenvalue weighted by Gasteiger charge is 2.39. The number of amides is 2. The van der Waals surface area contributed by atoms with Crippen molar-refractivity contribution in [3.05, 3.63) is 65.0 Å². The van der Waals surface area contributed by atoms with E-state index in [2.05, 4.69) is 0 Å². The van der Waals surface area contributed by atoms with E-state index in [1.54, 1.807) is 23.1 Å². The highest BCUT2D eigenvalue weighted by molar-refractivity contribution is 7.89. The molecule has 2 aliphatic heterocycles. The summed E-state index contributed by atoms with van der Waals surface area (Å²) in [4.78, 5) is 29.0. The van der Waals surface area contributed by atoms with Gasteiger partial charge in [-0.05, 0) is 79.5 Å². The Morgan fingerprint density at radius 2 is 1.51 bits per heavy atom. The Balaban J connectivity index is 1.20. The van der Waals surface area contributed by atoms with Gasteiger partial charge in [0.25, 0.3) is 0 Å². The molecule has 2 amide bonds. The maximum atomic E-state index is 13.3. The molecule has 0 saturated carbocycles. The molecular weight excluding hydrogens is 469 g/mol. The molecule has 5 rings (SSSR count). The van der Waals surface area contributed by atoms with Crippen LogP contribution in [-0.4, -0.2) is 66.6 Å². The number of benzene rings is 2. The number of piperazine rings is 1. The minimum absolute atomic E-state index is 0.158. The van der Waals surface area contributed by atoms with Crippen LogP contribution < -0.4 is 0 Å². The first kappa shape index (κ1) is 23.9. The van der Waals surface area contributed by atoms with Crippen molar-refractivity contribution >= 4 is 21.8 Å². The number of hydrogen-bond donors (Lipinski definition) is 0. The van der Waals surface area contributed by atoms with Gasteiger partial charge in [-0.15, -0.1) is 0 Å². The summed E-state index contributed by atoms with van der Waals surface area (Å²) in [6, 6.07) is 11.2. The molecule has 3 aliphatic rings. The molecule has 2 heterocycles. The summed E-state index contributed by atoms with van der Waals surface area (Å²) < 4.78 is 41.2. The van der Waals surface area contributed by atoms with E-state index < -0.39 is 21.8 Å². The van der Waals surface area contributed by atoms with Crippen molar-refractivity contribution in [2.24, 2.45) is 0 Å². The molecule has 2 saturated heterocycles. The Kier molecular flexibility index (Phi) is 6.63. The average molecular weight is 500 g/mol. The molecule has 186 valence electrons. The zero-order valence-electron chi connectivity index (χ0n) is 19.7. The topological polar surface area (TPSA) is 78.0 Å².